The molecule has 0 aliphatic carbocycles. The molecule has 8 heteroatoms. The Hall–Kier alpha value is -2.74. The van der Waals surface area contributed by atoms with Crippen LogP contribution in [0.4, 0.5) is 5.69 Å². The molecule has 0 saturated heterocycles. The topological polar surface area (TPSA) is 110 Å². The predicted octanol–water partition coefficient (Wildman–Crippen LogP) is 3.71. The van der Waals surface area contributed by atoms with Crippen LogP contribution in [0.1, 0.15) is 54.9 Å². The molecule has 0 aliphatic heterocycles. The molecule has 160 valence electrons. The number of unbranched alkanes of at least 4 members (excludes halogenated alkanes) is 3. The van der Waals surface area contributed by atoms with Gasteiger partial charge < -0.3 is 14.7 Å². The van der Waals surface area contributed by atoms with E-state index in [4.69, 9.17) is 4.74 Å². The molecule has 1 aromatic rings. The summed E-state index contributed by atoms with van der Waals surface area (Å²) in [6.07, 6.45) is 6.01. The Morgan fingerprint density at radius 2 is 2.07 bits per heavy atom. The zero-order valence-corrected chi connectivity index (χ0v) is 17.0. The van der Waals surface area contributed by atoms with Gasteiger partial charge in [-0.05, 0) is 43.4 Å². The van der Waals surface area contributed by atoms with Crippen molar-refractivity contribution in [3.05, 3.63) is 52.1 Å². The number of carbonyl (C=O) groups excluding carboxylic acids is 1. The van der Waals surface area contributed by atoms with E-state index >= 15 is 0 Å². The van der Waals surface area contributed by atoms with Gasteiger partial charge >= 0.3 is 5.97 Å². The van der Waals surface area contributed by atoms with Crippen molar-refractivity contribution in [2.45, 2.75) is 45.4 Å². The predicted molar refractivity (Wildman–Crippen MR) is 111 cm³/mol. The Labute approximate surface area is 171 Å². The second kappa shape index (κ2) is 13.4. The normalized spacial score (nSPS) is 10.5. The van der Waals surface area contributed by atoms with E-state index in [1.165, 1.54) is 11.0 Å². The van der Waals surface area contributed by atoms with Gasteiger partial charge in [-0.25, -0.2) is 4.79 Å². The summed E-state index contributed by atoms with van der Waals surface area (Å²) in [7, 11) is 0. The lowest BCUT2D eigenvalue weighted by atomic mass is 10.0. The maximum Gasteiger partial charge on any atom is 0.337 e. The number of benzene rings is 1. The van der Waals surface area contributed by atoms with Gasteiger partial charge in [-0.3, -0.25) is 14.9 Å². The van der Waals surface area contributed by atoms with Crippen molar-refractivity contribution in [3.63, 3.8) is 0 Å². The summed E-state index contributed by atoms with van der Waals surface area (Å²) in [6.45, 7) is 6.09. The SMILES string of the molecule is C=CCCCCN(C(=O)COCCCC)c1cc(CC[N+](=O)[O-])ccc1C(=O)O. The van der Waals surface area contributed by atoms with Crippen molar-refractivity contribution in [2.24, 2.45) is 0 Å². The molecule has 0 heterocycles. The van der Waals surface area contributed by atoms with E-state index in [2.05, 4.69) is 6.58 Å². The van der Waals surface area contributed by atoms with Crippen LogP contribution in [0.3, 0.4) is 0 Å². The molecule has 1 amide bonds. The third-order valence-corrected chi connectivity index (χ3v) is 4.38. The van der Waals surface area contributed by atoms with Gasteiger partial charge in [-0.1, -0.05) is 25.5 Å². The summed E-state index contributed by atoms with van der Waals surface area (Å²) in [5.41, 5.74) is 0.846. The molecule has 29 heavy (non-hydrogen) atoms. The number of nitro groups is 1. The van der Waals surface area contributed by atoms with Gasteiger partial charge in [-0.2, -0.15) is 0 Å². The average molecular weight is 406 g/mol. The van der Waals surface area contributed by atoms with Gasteiger partial charge in [0.2, 0.25) is 6.54 Å². The fraction of sp³-hybridized carbons (Fsp3) is 0.524. The minimum absolute atomic E-state index is 0.0134. The Morgan fingerprint density at radius 3 is 2.69 bits per heavy atom. The highest BCUT2D eigenvalue weighted by molar-refractivity contribution is 6.02. The van der Waals surface area contributed by atoms with E-state index in [1.807, 2.05) is 6.92 Å². The van der Waals surface area contributed by atoms with E-state index in [1.54, 1.807) is 18.2 Å². The summed E-state index contributed by atoms with van der Waals surface area (Å²) in [5.74, 6) is -1.48. The second-order valence-corrected chi connectivity index (χ2v) is 6.70. The van der Waals surface area contributed by atoms with Crippen LogP contribution in [0.5, 0.6) is 0 Å². The van der Waals surface area contributed by atoms with Crippen LogP contribution < -0.4 is 4.90 Å². The van der Waals surface area contributed by atoms with Crippen LogP contribution in [-0.4, -0.2) is 48.2 Å². The van der Waals surface area contributed by atoms with Crippen molar-refractivity contribution in [1.82, 2.24) is 0 Å². The summed E-state index contributed by atoms with van der Waals surface area (Å²) in [5, 5.41) is 20.2. The zero-order valence-electron chi connectivity index (χ0n) is 17.0. The highest BCUT2D eigenvalue weighted by Crippen LogP contribution is 2.24. The zero-order chi connectivity index (χ0) is 21.6. The number of hydrogen-bond acceptors (Lipinski definition) is 5. The second-order valence-electron chi connectivity index (χ2n) is 6.70. The number of amides is 1. The van der Waals surface area contributed by atoms with Gasteiger partial charge in [-0.15, -0.1) is 6.58 Å². The van der Waals surface area contributed by atoms with Gasteiger partial charge in [0.25, 0.3) is 5.91 Å². The first kappa shape index (κ1) is 24.3. The first-order chi connectivity index (χ1) is 13.9. The number of ether oxygens (including phenoxy) is 1. The molecule has 8 nitrogen and oxygen atoms in total. The highest BCUT2D eigenvalue weighted by Gasteiger charge is 2.22. The summed E-state index contributed by atoms with van der Waals surface area (Å²) in [6, 6.07) is 4.51. The fourth-order valence-electron chi connectivity index (χ4n) is 2.78. The number of carboxylic acids is 1. The standard InChI is InChI=1S/C21H30N2O6/c1-3-5-7-8-12-22(20(24)16-29-14-6-4-2)19-15-17(11-13-23(27)28)9-10-18(19)21(25)26/h3,9-10,15H,1,4-8,11-14,16H2,2H3,(H,25,26). The Morgan fingerprint density at radius 1 is 1.31 bits per heavy atom. The van der Waals surface area contributed by atoms with Crippen molar-refractivity contribution in [1.29, 1.82) is 0 Å². The number of aromatic carboxylic acids is 1. The molecule has 0 aliphatic rings. The number of carbonyl (C=O) groups is 2. The molecule has 0 radical (unpaired) electrons. The third-order valence-electron chi connectivity index (χ3n) is 4.38. The van der Waals surface area contributed by atoms with E-state index in [0.717, 1.165) is 25.7 Å². The van der Waals surface area contributed by atoms with E-state index in [9.17, 15) is 24.8 Å². The molecule has 1 rings (SSSR count). The minimum atomic E-state index is -1.16. The van der Waals surface area contributed by atoms with Gasteiger partial charge in [0.1, 0.15) is 6.61 Å². The van der Waals surface area contributed by atoms with Gasteiger partial charge in [0, 0.05) is 24.5 Å². The monoisotopic (exact) mass is 406 g/mol. The van der Waals surface area contributed by atoms with Crippen LogP contribution >= 0.6 is 0 Å². The summed E-state index contributed by atoms with van der Waals surface area (Å²) in [4.78, 5) is 36.2. The van der Waals surface area contributed by atoms with E-state index in [-0.39, 0.29) is 36.7 Å². The number of rotatable bonds is 15. The Balaban J connectivity index is 3.11. The summed E-state index contributed by atoms with van der Waals surface area (Å²) < 4.78 is 5.43. The number of carboxylic acid groups (broad SMARTS) is 1. The maximum atomic E-state index is 12.8. The lowest BCUT2D eigenvalue weighted by Gasteiger charge is -2.25. The Kier molecular flexibility index (Phi) is 11.3. The molecule has 0 aromatic heterocycles. The van der Waals surface area contributed by atoms with Crippen molar-refractivity contribution < 1.29 is 24.4 Å². The molecule has 0 atom stereocenters. The van der Waals surface area contributed by atoms with Gasteiger partial charge in [0.15, 0.2) is 0 Å². The average Bonchev–Trinajstić information content (AvgIpc) is 2.69. The first-order valence-corrected chi connectivity index (χ1v) is 9.87. The van der Waals surface area contributed by atoms with Crippen molar-refractivity contribution in [2.75, 3.05) is 31.2 Å². The first-order valence-electron chi connectivity index (χ1n) is 9.87. The molecular formula is C21H30N2O6. The van der Waals surface area contributed by atoms with Crippen LogP contribution in [-0.2, 0) is 16.0 Å². The molecule has 0 fully saturated rings. The quantitative estimate of drug-likeness (QED) is 0.206. The van der Waals surface area contributed by atoms with E-state index in [0.29, 0.717) is 25.1 Å². The van der Waals surface area contributed by atoms with E-state index < -0.39 is 10.9 Å². The highest BCUT2D eigenvalue weighted by atomic mass is 16.6. The summed E-state index contributed by atoms with van der Waals surface area (Å²) >= 11 is 0. The molecule has 0 bridgehead atoms. The largest absolute Gasteiger partial charge is 0.478 e. The molecule has 0 saturated carbocycles. The lowest BCUT2D eigenvalue weighted by molar-refractivity contribution is -0.479. The molecule has 0 unspecified atom stereocenters. The molecule has 1 N–H and O–H groups in total. The van der Waals surface area contributed by atoms with Crippen LogP contribution in [0.2, 0.25) is 0 Å². The van der Waals surface area contributed by atoms with Crippen LogP contribution in [0.15, 0.2) is 30.9 Å². The number of hydrogen-bond donors (Lipinski definition) is 1. The number of anilines is 1. The lowest BCUT2D eigenvalue weighted by Crippen LogP contribution is -2.36. The fourth-order valence-corrected chi connectivity index (χ4v) is 2.78. The van der Waals surface area contributed by atoms with Crippen molar-refractivity contribution in [3.8, 4) is 0 Å². The van der Waals surface area contributed by atoms with Crippen molar-refractivity contribution >= 4 is 17.6 Å². The minimum Gasteiger partial charge on any atom is -0.478 e. The molecular weight excluding hydrogens is 376 g/mol. The number of allylic oxidation sites excluding steroid dienone is 1. The van der Waals surface area contributed by atoms with Crippen LogP contribution in [0.25, 0.3) is 0 Å². The Bertz CT molecular complexity index is 704. The van der Waals surface area contributed by atoms with Gasteiger partial charge in [0.05, 0.1) is 11.3 Å². The maximum absolute atomic E-state index is 12.8. The third kappa shape index (κ3) is 8.87. The smallest absolute Gasteiger partial charge is 0.337 e. The molecule has 0 spiro atoms. The van der Waals surface area contributed by atoms with Crippen LogP contribution in [0, 0.1) is 10.1 Å². The number of nitrogens with zero attached hydrogens (tertiary/aromatic N) is 2. The molecule has 1 aromatic carbocycles.